The number of carbonyl (C=O) groups excluding carboxylic acids is 1. The third-order valence-electron chi connectivity index (χ3n) is 3.49. The van der Waals surface area contributed by atoms with E-state index in [4.69, 9.17) is 11.5 Å². The van der Waals surface area contributed by atoms with Gasteiger partial charge in [0.15, 0.2) is 0 Å². The van der Waals surface area contributed by atoms with Crippen LogP contribution in [0.3, 0.4) is 0 Å². The van der Waals surface area contributed by atoms with E-state index in [1.54, 1.807) is 6.92 Å². The van der Waals surface area contributed by atoms with Gasteiger partial charge < -0.3 is 21.3 Å². The van der Waals surface area contributed by atoms with E-state index in [0.29, 0.717) is 12.5 Å². The largest absolute Gasteiger partial charge is 0.368 e. The van der Waals surface area contributed by atoms with E-state index in [1.165, 1.54) is 6.42 Å². The van der Waals surface area contributed by atoms with Crippen LogP contribution in [0.4, 0.5) is 0 Å². The lowest BCUT2D eigenvalue weighted by molar-refractivity contribution is -0.122. The van der Waals surface area contributed by atoms with Crippen molar-refractivity contribution in [3.8, 4) is 0 Å². The molecule has 1 aliphatic rings. The van der Waals surface area contributed by atoms with E-state index in [2.05, 4.69) is 23.9 Å². The van der Waals surface area contributed by atoms with Crippen LogP contribution >= 0.6 is 0 Å². The van der Waals surface area contributed by atoms with Crippen LogP contribution in [0, 0.1) is 0 Å². The molecule has 94 valence electrons. The van der Waals surface area contributed by atoms with Crippen molar-refractivity contribution in [2.45, 2.75) is 31.3 Å². The highest BCUT2D eigenvalue weighted by Gasteiger charge is 2.29. The monoisotopic (exact) mass is 228 g/mol. The number of hydrogen-bond donors (Lipinski definition) is 2. The van der Waals surface area contributed by atoms with Gasteiger partial charge in [0.1, 0.15) is 0 Å². The molecule has 0 aromatic rings. The van der Waals surface area contributed by atoms with Gasteiger partial charge in [0.25, 0.3) is 0 Å². The number of amides is 1. The first-order valence-corrected chi connectivity index (χ1v) is 5.80. The van der Waals surface area contributed by atoms with Gasteiger partial charge in [-0.3, -0.25) is 4.79 Å². The molecule has 1 amide bonds. The Kier molecular flexibility index (Phi) is 4.29. The summed E-state index contributed by atoms with van der Waals surface area (Å²) in [7, 11) is 4.20. The van der Waals surface area contributed by atoms with Crippen molar-refractivity contribution >= 4 is 5.91 Å². The number of carbonyl (C=O) groups is 1. The maximum atomic E-state index is 11.1. The van der Waals surface area contributed by atoms with Crippen LogP contribution in [-0.4, -0.2) is 61.0 Å². The average Bonchev–Trinajstić information content (AvgIpc) is 2.63. The lowest BCUT2D eigenvalue weighted by Gasteiger charge is -2.25. The molecule has 0 radical (unpaired) electrons. The minimum atomic E-state index is -0.879. The minimum Gasteiger partial charge on any atom is -0.368 e. The number of hydrogen-bond acceptors (Lipinski definition) is 4. The number of likely N-dealkylation sites (tertiary alicyclic amines) is 1. The minimum absolute atomic E-state index is 0.421. The topological polar surface area (TPSA) is 75.6 Å². The zero-order chi connectivity index (χ0) is 12.3. The van der Waals surface area contributed by atoms with Gasteiger partial charge in [0, 0.05) is 19.1 Å². The summed E-state index contributed by atoms with van der Waals surface area (Å²) in [5.74, 6) is -0.421. The number of likely N-dealkylation sites (N-methyl/N-ethyl adjacent to an activating group) is 1. The molecule has 1 rings (SSSR count). The summed E-state index contributed by atoms with van der Waals surface area (Å²) in [6, 6.07) is 0.623. The predicted molar refractivity (Wildman–Crippen MR) is 64.9 cm³/mol. The second-order valence-electron chi connectivity index (χ2n) is 5.24. The van der Waals surface area contributed by atoms with E-state index < -0.39 is 11.4 Å². The molecule has 0 aromatic heterocycles. The van der Waals surface area contributed by atoms with Crippen LogP contribution in [0.25, 0.3) is 0 Å². The van der Waals surface area contributed by atoms with Gasteiger partial charge in [-0.2, -0.15) is 0 Å². The molecule has 2 atom stereocenters. The average molecular weight is 228 g/mol. The lowest BCUT2D eigenvalue weighted by Crippen LogP contribution is -2.51. The Hall–Kier alpha value is -0.650. The summed E-state index contributed by atoms with van der Waals surface area (Å²) >= 11 is 0. The summed E-state index contributed by atoms with van der Waals surface area (Å²) in [4.78, 5) is 15.7. The molecule has 0 spiro atoms. The number of primary amides is 1. The van der Waals surface area contributed by atoms with Crippen LogP contribution in [0.5, 0.6) is 0 Å². The molecule has 1 fully saturated rings. The van der Waals surface area contributed by atoms with Crippen LogP contribution in [0.2, 0.25) is 0 Å². The fraction of sp³-hybridized carbons (Fsp3) is 0.909. The Morgan fingerprint density at radius 2 is 2.19 bits per heavy atom. The number of rotatable bonds is 5. The summed E-state index contributed by atoms with van der Waals surface area (Å²) in [5, 5.41) is 0. The molecule has 4 N–H and O–H groups in total. The first-order chi connectivity index (χ1) is 7.33. The summed E-state index contributed by atoms with van der Waals surface area (Å²) in [6.45, 7) is 4.69. The van der Waals surface area contributed by atoms with Gasteiger partial charge in [-0.25, -0.2) is 0 Å². The van der Waals surface area contributed by atoms with Gasteiger partial charge in [0.2, 0.25) is 5.91 Å². The predicted octanol–water partition coefficient (Wildman–Crippen LogP) is -0.785. The van der Waals surface area contributed by atoms with Crippen LogP contribution in [-0.2, 0) is 4.79 Å². The Bertz CT molecular complexity index is 252. The van der Waals surface area contributed by atoms with E-state index in [1.807, 2.05) is 0 Å². The number of nitrogens with zero attached hydrogens (tertiary/aromatic N) is 2. The molecule has 1 heterocycles. The second kappa shape index (κ2) is 5.12. The lowest BCUT2D eigenvalue weighted by atomic mass is 9.98. The van der Waals surface area contributed by atoms with Crippen molar-refractivity contribution in [1.29, 1.82) is 0 Å². The highest BCUT2D eigenvalue weighted by atomic mass is 16.1. The van der Waals surface area contributed by atoms with Gasteiger partial charge in [0.05, 0.1) is 5.54 Å². The molecule has 2 unspecified atom stereocenters. The highest BCUT2D eigenvalue weighted by Crippen LogP contribution is 2.15. The van der Waals surface area contributed by atoms with E-state index in [9.17, 15) is 4.79 Å². The van der Waals surface area contributed by atoms with E-state index in [0.717, 1.165) is 19.6 Å². The maximum Gasteiger partial charge on any atom is 0.237 e. The third-order valence-corrected chi connectivity index (χ3v) is 3.49. The Balaban J connectivity index is 2.33. The number of nitrogens with two attached hydrogens (primary N) is 2. The van der Waals surface area contributed by atoms with E-state index >= 15 is 0 Å². The Labute approximate surface area is 97.7 Å². The Morgan fingerprint density at radius 3 is 2.62 bits per heavy atom. The first-order valence-electron chi connectivity index (χ1n) is 5.80. The van der Waals surface area contributed by atoms with Crippen molar-refractivity contribution < 1.29 is 4.79 Å². The molecule has 5 nitrogen and oxygen atoms in total. The SMILES string of the molecule is CN(C)C1CCN(CCC(C)(N)C(N)=O)C1. The van der Waals surface area contributed by atoms with Crippen LogP contribution < -0.4 is 11.5 Å². The molecule has 0 aromatic carbocycles. The van der Waals surface area contributed by atoms with Gasteiger partial charge in [-0.15, -0.1) is 0 Å². The first kappa shape index (κ1) is 13.4. The molecule has 16 heavy (non-hydrogen) atoms. The molecular weight excluding hydrogens is 204 g/mol. The molecular formula is C11H24N4O. The van der Waals surface area contributed by atoms with Crippen LogP contribution in [0.15, 0.2) is 0 Å². The van der Waals surface area contributed by atoms with Crippen molar-refractivity contribution in [2.24, 2.45) is 11.5 Å². The fourth-order valence-electron chi connectivity index (χ4n) is 1.95. The summed E-state index contributed by atoms with van der Waals surface area (Å²) in [5.41, 5.74) is 10.2. The zero-order valence-electron chi connectivity index (χ0n) is 10.6. The highest BCUT2D eigenvalue weighted by molar-refractivity contribution is 5.83. The third kappa shape index (κ3) is 3.43. The van der Waals surface area contributed by atoms with Crippen molar-refractivity contribution in [1.82, 2.24) is 9.80 Å². The summed E-state index contributed by atoms with van der Waals surface area (Å²) in [6.07, 6.45) is 1.81. The van der Waals surface area contributed by atoms with Crippen molar-refractivity contribution in [2.75, 3.05) is 33.7 Å². The zero-order valence-corrected chi connectivity index (χ0v) is 10.6. The smallest absolute Gasteiger partial charge is 0.237 e. The second-order valence-corrected chi connectivity index (χ2v) is 5.24. The van der Waals surface area contributed by atoms with Gasteiger partial charge >= 0.3 is 0 Å². The maximum absolute atomic E-state index is 11.1. The molecule has 5 heteroatoms. The van der Waals surface area contributed by atoms with Crippen molar-refractivity contribution in [3.05, 3.63) is 0 Å². The molecule has 0 bridgehead atoms. The molecule has 0 saturated carbocycles. The molecule has 0 aliphatic carbocycles. The van der Waals surface area contributed by atoms with E-state index in [-0.39, 0.29) is 0 Å². The fourth-order valence-corrected chi connectivity index (χ4v) is 1.95. The molecule has 1 aliphatic heterocycles. The van der Waals surface area contributed by atoms with Gasteiger partial charge in [-0.05, 0) is 40.4 Å². The summed E-state index contributed by atoms with van der Waals surface area (Å²) < 4.78 is 0. The quantitative estimate of drug-likeness (QED) is 0.647. The standard InChI is InChI=1S/C11H24N4O/c1-11(13,10(12)16)5-7-15-6-4-9(8-15)14(2)3/h9H,4-8,13H2,1-3H3,(H2,12,16). The van der Waals surface area contributed by atoms with Gasteiger partial charge in [-0.1, -0.05) is 0 Å². The Morgan fingerprint density at radius 1 is 1.56 bits per heavy atom. The van der Waals surface area contributed by atoms with Crippen LogP contribution in [0.1, 0.15) is 19.8 Å². The molecule has 1 saturated heterocycles. The van der Waals surface area contributed by atoms with Crippen molar-refractivity contribution in [3.63, 3.8) is 0 Å². The normalized spacial score (nSPS) is 25.9.